The lowest BCUT2D eigenvalue weighted by Gasteiger charge is -2.22. The van der Waals surface area contributed by atoms with Crippen LogP contribution in [0.15, 0.2) is 48.5 Å². The lowest BCUT2D eigenvalue weighted by molar-refractivity contribution is -0.274. The second-order valence-corrected chi connectivity index (χ2v) is 5.17. The van der Waals surface area contributed by atoms with Gasteiger partial charge in [0.25, 0.3) is 0 Å². The number of nitrogens with zero attached hydrogens (tertiary/aromatic N) is 1. The number of alkyl halides is 3. The van der Waals surface area contributed by atoms with Crippen molar-refractivity contribution in [2.75, 3.05) is 12.0 Å². The van der Waals surface area contributed by atoms with Crippen molar-refractivity contribution in [2.24, 2.45) is 0 Å². The highest BCUT2D eigenvalue weighted by Gasteiger charge is 2.31. The van der Waals surface area contributed by atoms with Gasteiger partial charge in [-0.05, 0) is 29.8 Å². The summed E-state index contributed by atoms with van der Waals surface area (Å²) in [4.78, 5) is 25.0. The number of rotatable bonds is 4. The van der Waals surface area contributed by atoms with Crippen molar-refractivity contribution in [1.29, 1.82) is 0 Å². The molecule has 0 aliphatic carbocycles. The molecule has 2 rings (SSSR count). The second-order valence-electron chi connectivity index (χ2n) is 5.17. The van der Waals surface area contributed by atoms with E-state index in [9.17, 15) is 22.8 Å². The Morgan fingerprint density at radius 2 is 1.62 bits per heavy atom. The summed E-state index contributed by atoms with van der Waals surface area (Å²) < 4.78 is 44.9. The SMILES string of the molecule is [B]c1ccc(N(Cc2ccc(OC(F)(F)F)cc2)C(=O)C(=O)OC)cc1. The molecule has 0 bridgehead atoms. The van der Waals surface area contributed by atoms with Crippen molar-refractivity contribution in [3.05, 3.63) is 54.1 Å². The number of carbonyl (C=O) groups excluding carboxylic acids is 2. The van der Waals surface area contributed by atoms with E-state index in [0.29, 0.717) is 16.7 Å². The van der Waals surface area contributed by atoms with E-state index in [-0.39, 0.29) is 12.3 Å². The highest BCUT2D eigenvalue weighted by molar-refractivity contribution is 6.38. The van der Waals surface area contributed by atoms with Crippen molar-refractivity contribution in [2.45, 2.75) is 12.9 Å². The van der Waals surface area contributed by atoms with Gasteiger partial charge in [0, 0.05) is 5.69 Å². The van der Waals surface area contributed by atoms with Gasteiger partial charge in [-0.25, -0.2) is 4.79 Å². The maximum absolute atomic E-state index is 12.3. The molecular formula is C17H13BF3NO4. The number of amides is 1. The smallest absolute Gasteiger partial charge is 0.462 e. The molecule has 9 heteroatoms. The summed E-state index contributed by atoms with van der Waals surface area (Å²) >= 11 is 0. The molecule has 0 heterocycles. The molecular weight excluding hydrogens is 350 g/mol. The van der Waals surface area contributed by atoms with Crippen molar-refractivity contribution in [3.8, 4) is 5.75 Å². The zero-order valence-electron chi connectivity index (χ0n) is 13.6. The molecule has 5 nitrogen and oxygen atoms in total. The van der Waals surface area contributed by atoms with E-state index >= 15 is 0 Å². The van der Waals surface area contributed by atoms with Crippen molar-refractivity contribution >= 4 is 30.9 Å². The Kier molecular flexibility index (Phi) is 5.91. The molecule has 26 heavy (non-hydrogen) atoms. The van der Waals surface area contributed by atoms with Crippen molar-refractivity contribution < 1.29 is 32.2 Å². The summed E-state index contributed by atoms with van der Waals surface area (Å²) in [7, 11) is 6.68. The maximum atomic E-state index is 12.3. The van der Waals surface area contributed by atoms with Crippen LogP contribution in [0.3, 0.4) is 0 Å². The average Bonchev–Trinajstić information content (AvgIpc) is 2.59. The molecule has 0 unspecified atom stereocenters. The maximum Gasteiger partial charge on any atom is 0.573 e. The Hall–Kier alpha value is -2.97. The first kappa shape index (κ1) is 19.4. The number of halogens is 3. The fourth-order valence-corrected chi connectivity index (χ4v) is 2.11. The molecule has 0 N–H and O–H groups in total. The van der Waals surface area contributed by atoms with E-state index in [0.717, 1.165) is 24.1 Å². The second kappa shape index (κ2) is 7.94. The van der Waals surface area contributed by atoms with Crippen LogP contribution in [0.2, 0.25) is 0 Å². The minimum atomic E-state index is -4.79. The third-order valence-corrected chi connectivity index (χ3v) is 3.31. The predicted molar refractivity (Wildman–Crippen MR) is 88.2 cm³/mol. The summed E-state index contributed by atoms with van der Waals surface area (Å²) in [6.07, 6.45) is -4.79. The lowest BCUT2D eigenvalue weighted by atomic mass is 9.96. The van der Waals surface area contributed by atoms with Gasteiger partial charge in [0.2, 0.25) is 0 Å². The van der Waals surface area contributed by atoms with Gasteiger partial charge in [-0.15, -0.1) is 13.2 Å². The molecule has 0 atom stereocenters. The summed E-state index contributed by atoms with van der Waals surface area (Å²) in [6, 6.07) is 11.1. The van der Waals surface area contributed by atoms with Gasteiger partial charge in [0.1, 0.15) is 13.6 Å². The first-order valence-corrected chi connectivity index (χ1v) is 7.29. The largest absolute Gasteiger partial charge is 0.573 e. The number of benzene rings is 2. The minimum absolute atomic E-state index is 0.0653. The molecule has 0 saturated heterocycles. The Bertz CT molecular complexity index is 776. The zero-order valence-corrected chi connectivity index (χ0v) is 13.6. The number of esters is 1. The van der Waals surface area contributed by atoms with Gasteiger partial charge in [-0.1, -0.05) is 29.7 Å². The third kappa shape index (κ3) is 5.27. The lowest BCUT2D eigenvalue weighted by Crippen LogP contribution is -2.37. The van der Waals surface area contributed by atoms with Gasteiger partial charge < -0.3 is 9.47 Å². The van der Waals surface area contributed by atoms with Crippen LogP contribution < -0.4 is 15.1 Å². The Balaban J connectivity index is 2.25. The topological polar surface area (TPSA) is 55.8 Å². The summed E-state index contributed by atoms with van der Waals surface area (Å²) in [5.74, 6) is -2.38. The molecule has 0 aliphatic rings. The number of hydrogen-bond donors (Lipinski definition) is 0. The predicted octanol–water partition coefficient (Wildman–Crippen LogP) is 2.09. The zero-order chi connectivity index (χ0) is 19.3. The minimum Gasteiger partial charge on any atom is -0.462 e. The molecule has 134 valence electrons. The van der Waals surface area contributed by atoms with Crippen LogP contribution in [-0.4, -0.2) is 33.2 Å². The van der Waals surface area contributed by atoms with Crippen LogP contribution in [0.5, 0.6) is 5.75 Å². The Morgan fingerprint density at radius 1 is 1.04 bits per heavy atom. The number of carbonyl (C=O) groups is 2. The number of methoxy groups -OCH3 is 1. The summed E-state index contributed by atoms with van der Waals surface area (Å²) in [6.45, 7) is -0.0653. The van der Waals surface area contributed by atoms with E-state index in [1.165, 1.54) is 24.3 Å². The third-order valence-electron chi connectivity index (χ3n) is 3.31. The molecule has 2 aromatic carbocycles. The average molecular weight is 363 g/mol. The first-order valence-electron chi connectivity index (χ1n) is 7.29. The number of hydrogen-bond acceptors (Lipinski definition) is 4. The van der Waals surface area contributed by atoms with Gasteiger partial charge in [0.15, 0.2) is 0 Å². The molecule has 2 aromatic rings. The normalized spacial score (nSPS) is 10.9. The van der Waals surface area contributed by atoms with Crippen LogP contribution in [0.1, 0.15) is 5.56 Å². The number of anilines is 1. The molecule has 0 fully saturated rings. The van der Waals surface area contributed by atoms with Gasteiger partial charge in [-0.3, -0.25) is 9.69 Å². The Labute approximate surface area is 148 Å². The van der Waals surface area contributed by atoms with Gasteiger partial charge in [0.05, 0.1) is 13.7 Å². The van der Waals surface area contributed by atoms with E-state index in [2.05, 4.69) is 9.47 Å². The number of ether oxygens (including phenoxy) is 2. The summed E-state index contributed by atoms with van der Waals surface area (Å²) in [5, 5.41) is 0. The van der Waals surface area contributed by atoms with E-state index in [1.807, 2.05) is 0 Å². The molecule has 1 amide bonds. The fraction of sp³-hybridized carbons (Fsp3) is 0.176. The fourth-order valence-electron chi connectivity index (χ4n) is 2.11. The quantitative estimate of drug-likeness (QED) is 0.474. The van der Waals surface area contributed by atoms with Crippen LogP contribution in [0.25, 0.3) is 0 Å². The van der Waals surface area contributed by atoms with E-state index in [1.54, 1.807) is 12.1 Å². The molecule has 0 aromatic heterocycles. The van der Waals surface area contributed by atoms with E-state index in [4.69, 9.17) is 7.85 Å². The standard InChI is InChI=1S/C17H13BF3NO4/c1-25-16(24)15(23)22(13-6-4-12(18)5-7-13)10-11-2-8-14(9-3-11)26-17(19,20)21/h2-9H,10H2,1H3. The molecule has 0 aliphatic heterocycles. The summed E-state index contributed by atoms with van der Waals surface area (Å²) in [5.41, 5.74) is 1.33. The van der Waals surface area contributed by atoms with Crippen LogP contribution in [-0.2, 0) is 20.9 Å². The van der Waals surface area contributed by atoms with Gasteiger partial charge >= 0.3 is 18.2 Å². The molecule has 0 spiro atoms. The Morgan fingerprint density at radius 3 is 2.12 bits per heavy atom. The van der Waals surface area contributed by atoms with E-state index < -0.39 is 18.2 Å². The van der Waals surface area contributed by atoms with Crippen LogP contribution >= 0.6 is 0 Å². The molecule has 0 saturated carbocycles. The van der Waals surface area contributed by atoms with Crippen LogP contribution in [0, 0.1) is 0 Å². The van der Waals surface area contributed by atoms with Crippen molar-refractivity contribution in [3.63, 3.8) is 0 Å². The highest BCUT2D eigenvalue weighted by atomic mass is 19.4. The van der Waals surface area contributed by atoms with Gasteiger partial charge in [-0.2, -0.15) is 0 Å². The van der Waals surface area contributed by atoms with Crippen LogP contribution in [0.4, 0.5) is 18.9 Å². The highest BCUT2D eigenvalue weighted by Crippen LogP contribution is 2.24. The monoisotopic (exact) mass is 363 g/mol. The van der Waals surface area contributed by atoms with Crippen molar-refractivity contribution in [1.82, 2.24) is 0 Å². The molecule has 2 radical (unpaired) electrons. The first-order chi connectivity index (χ1) is 12.2.